The minimum absolute atomic E-state index is 0.0772. The highest BCUT2D eigenvalue weighted by Gasteiger charge is 2.15. The minimum atomic E-state index is -0.849. The van der Waals surface area contributed by atoms with E-state index in [1.807, 2.05) is 66.1 Å². The van der Waals surface area contributed by atoms with E-state index in [9.17, 15) is 9.90 Å². The summed E-state index contributed by atoms with van der Waals surface area (Å²) in [7, 11) is 0. The van der Waals surface area contributed by atoms with Crippen LogP contribution in [0.4, 0.5) is 0 Å². The van der Waals surface area contributed by atoms with E-state index in [4.69, 9.17) is 4.74 Å². The molecule has 4 aromatic rings. The fourth-order valence-electron chi connectivity index (χ4n) is 3.36. The zero-order valence-electron chi connectivity index (χ0n) is 16.4. The second kappa shape index (κ2) is 9.07. The van der Waals surface area contributed by atoms with Gasteiger partial charge < -0.3 is 9.84 Å². The molecule has 30 heavy (non-hydrogen) atoms. The summed E-state index contributed by atoms with van der Waals surface area (Å²) in [5.74, 6) is 0.710. The second-order valence-corrected chi connectivity index (χ2v) is 7.82. The molecular weight excluding hydrogens is 396 g/mol. The van der Waals surface area contributed by atoms with Crippen molar-refractivity contribution in [1.29, 1.82) is 0 Å². The van der Waals surface area contributed by atoms with Gasteiger partial charge >= 0.3 is 0 Å². The van der Waals surface area contributed by atoms with E-state index >= 15 is 0 Å². The van der Waals surface area contributed by atoms with Crippen LogP contribution >= 0.6 is 11.3 Å². The van der Waals surface area contributed by atoms with Crippen molar-refractivity contribution in [1.82, 2.24) is 9.55 Å². The Morgan fingerprint density at radius 1 is 1.17 bits per heavy atom. The van der Waals surface area contributed by atoms with E-state index in [0.29, 0.717) is 22.4 Å². The highest BCUT2D eigenvalue weighted by atomic mass is 32.1. The fourth-order valence-corrected chi connectivity index (χ4v) is 4.27. The Kier molecular flexibility index (Phi) is 6.07. The Balaban J connectivity index is 1.53. The zero-order valence-corrected chi connectivity index (χ0v) is 17.2. The lowest BCUT2D eigenvalue weighted by molar-refractivity contribution is 0.0911. The van der Waals surface area contributed by atoms with Gasteiger partial charge in [0, 0.05) is 10.9 Å². The molecule has 0 saturated carbocycles. The maximum Gasteiger partial charge on any atom is 0.262 e. The van der Waals surface area contributed by atoms with E-state index in [1.165, 1.54) is 22.2 Å². The molecule has 1 atom stereocenters. The van der Waals surface area contributed by atoms with E-state index < -0.39 is 6.10 Å². The number of fused-ring (bicyclic) bond motifs is 1. The van der Waals surface area contributed by atoms with Crippen LogP contribution < -0.4 is 10.3 Å². The quantitative estimate of drug-likeness (QED) is 0.434. The standard InChI is InChI=1S/C24H22N2O3S/c1-2-8-18-11-6-7-12-21(18)29-14-19(27)13-26-16-25-23-22(24(26)28)20(15-30-23)17-9-4-3-5-10-17/h2-7,9-12,15-16,19,27H,1,8,13-14H2. The van der Waals surface area contributed by atoms with Crippen molar-refractivity contribution < 1.29 is 9.84 Å². The number of rotatable bonds is 8. The van der Waals surface area contributed by atoms with Crippen molar-refractivity contribution in [3.63, 3.8) is 0 Å². The summed E-state index contributed by atoms with van der Waals surface area (Å²) in [5, 5.41) is 13.0. The van der Waals surface area contributed by atoms with E-state index in [0.717, 1.165) is 16.7 Å². The van der Waals surface area contributed by atoms with Gasteiger partial charge in [-0.05, 0) is 23.6 Å². The van der Waals surface area contributed by atoms with Crippen LogP contribution in [0.2, 0.25) is 0 Å². The molecule has 2 heterocycles. The van der Waals surface area contributed by atoms with Crippen LogP contribution in [0.1, 0.15) is 5.56 Å². The number of aliphatic hydroxyl groups is 1. The van der Waals surface area contributed by atoms with Crippen molar-refractivity contribution in [2.24, 2.45) is 0 Å². The summed E-state index contributed by atoms with van der Waals surface area (Å²) in [6, 6.07) is 17.4. The van der Waals surface area contributed by atoms with Crippen molar-refractivity contribution in [2.45, 2.75) is 19.1 Å². The number of ether oxygens (including phenoxy) is 1. The van der Waals surface area contributed by atoms with E-state index in [-0.39, 0.29) is 18.7 Å². The minimum Gasteiger partial charge on any atom is -0.491 e. The molecule has 0 amide bonds. The molecule has 2 aromatic heterocycles. The lowest BCUT2D eigenvalue weighted by Crippen LogP contribution is -2.30. The molecule has 0 aliphatic carbocycles. The third-order valence-electron chi connectivity index (χ3n) is 4.82. The molecule has 1 unspecified atom stereocenters. The molecule has 0 bridgehead atoms. The predicted octanol–water partition coefficient (Wildman–Crippen LogP) is 4.29. The number of allylic oxidation sites excluding steroid dienone is 1. The van der Waals surface area contributed by atoms with Gasteiger partial charge in [-0.1, -0.05) is 54.6 Å². The summed E-state index contributed by atoms with van der Waals surface area (Å²) in [6.07, 6.45) is 3.14. The molecule has 2 aromatic carbocycles. The monoisotopic (exact) mass is 418 g/mol. The van der Waals surface area contributed by atoms with Crippen LogP contribution in [-0.2, 0) is 13.0 Å². The van der Waals surface area contributed by atoms with Crippen LogP contribution in [0.3, 0.4) is 0 Å². The Labute approximate surface area is 178 Å². The Hall–Kier alpha value is -3.22. The third-order valence-corrected chi connectivity index (χ3v) is 5.71. The van der Waals surface area contributed by atoms with Crippen LogP contribution in [0.25, 0.3) is 21.3 Å². The largest absolute Gasteiger partial charge is 0.491 e. The molecule has 0 aliphatic heterocycles. The van der Waals surface area contributed by atoms with Gasteiger partial charge in [-0.2, -0.15) is 0 Å². The number of hydrogen-bond donors (Lipinski definition) is 1. The van der Waals surface area contributed by atoms with E-state index in [2.05, 4.69) is 11.6 Å². The molecule has 4 rings (SSSR count). The van der Waals surface area contributed by atoms with Gasteiger partial charge in [0.15, 0.2) is 0 Å². The summed E-state index contributed by atoms with van der Waals surface area (Å²) >= 11 is 1.44. The summed E-state index contributed by atoms with van der Waals surface area (Å²) in [4.78, 5) is 18.2. The molecule has 5 nitrogen and oxygen atoms in total. The molecule has 6 heteroatoms. The molecule has 0 spiro atoms. The van der Waals surface area contributed by atoms with Crippen molar-refractivity contribution in [3.8, 4) is 16.9 Å². The van der Waals surface area contributed by atoms with Gasteiger partial charge in [0.05, 0.1) is 18.3 Å². The molecule has 1 N–H and O–H groups in total. The van der Waals surface area contributed by atoms with Crippen molar-refractivity contribution in [2.75, 3.05) is 6.61 Å². The van der Waals surface area contributed by atoms with Crippen molar-refractivity contribution >= 4 is 21.6 Å². The number of benzene rings is 2. The number of aliphatic hydroxyl groups excluding tert-OH is 1. The van der Waals surface area contributed by atoms with Gasteiger partial charge in [0.25, 0.3) is 5.56 Å². The molecule has 0 fully saturated rings. The van der Waals surface area contributed by atoms with Gasteiger partial charge in [-0.15, -0.1) is 17.9 Å². The number of nitrogens with zero attached hydrogens (tertiary/aromatic N) is 2. The Morgan fingerprint density at radius 2 is 1.93 bits per heavy atom. The Bertz CT molecular complexity index is 1210. The first-order chi connectivity index (χ1) is 14.7. The molecule has 0 aliphatic rings. The number of thiophene rings is 1. The topological polar surface area (TPSA) is 64.3 Å². The Morgan fingerprint density at radius 3 is 2.73 bits per heavy atom. The zero-order chi connectivity index (χ0) is 20.9. The molecule has 152 valence electrons. The van der Waals surface area contributed by atoms with Gasteiger partial charge in [0.2, 0.25) is 0 Å². The van der Waals surface area contributed by atoms with Crippen LogP contribution in [0.5, 0.6) is 5.75 Å². The fraction of sp³-hybridized carbons (Fsp3) is 0.167. The summed E-state index contributed by atoms with van der Waals surface area (Å²) in [5.41, 5.74) is 2.69. The van der Waals surface area contributed by atoms with Gasteiger partial charge in [-0.3, -0.25) is 9.36 Å². The molecule has 0 saturated heterocycles. The first-order valence-corrected chi connectivity index (χ1v) is 10.6. The lowest BCUT2D eigenvalue weighted by Gasteiger charge is -2.15. The van der Waals surface area contributed by atoms with E-state index in [1.54, 1.807) is 0 Å². The normalized spacial score (nSPS) is 12.0. The third kappa shape index (κ3) is 4.20. The lowest BCUT2D eigenvalue weighted by atomic mass is 10.1. The van der Waals surface area contributed by atoms with Crippen LogP contribution in [0.15, 0.2) is 83.8 Å². The van der Waals surface area contributed by atoms with Gasteiger partial charge in [-0.25, -0.2) is 4.98 Å². The predicted molar refractivity (Wildman–Crippen MR) is 121 cm³/mol. The first kappa shape index (κ1) is 20.1. The number of hydrogen-bond acceptors (Lipinski definition) is 5. The highest BCUT2D eigenvalue weighted by molar-refractivity contribution is 7.17. The average Bonchev–Trinajstić information content (AvgIpc) is 3.21. The molecular formula is C24H22N2O3S. The maximum atomic E-state index is 13.1. The van der Waals surface area contributed by atoms with Crippen LogP contribution in [0, 0.1) is 0 Å². The van der Waals surface area contributed by atoms with Crippen molar-refractivity contribution in [3.05, 3.63) is 94.9 Å². The average molecular weight is 419 g/mol. The van der Waals surface area contributed by atoms with Crippen LogP contribution in [-0.4, -0.2) is 27.4 Å². The smallest absolute Gasteiger partial charge is 0.262 e. The summed E-state index contributed by atoms with van der Waals surface area (Å²) in [6.45, 7) is 3.94. The number of aromatic nitrogens is 2. The summed E-state index contributed by atoms with van der Waals surface area (Å²) < 4.78 is 7.25. The number of para-hydroxylation sites is 1. The SMILES string of the molecule is C=CCc1ccccc1OCC(O)Cn1cnc2scc(-c3ccccc3)c2c1=O. The first-order valence-electron chi connectivity index (χ1n) is 9.69. The maximum absolute atomic E-state index is 13.1. The highest BCUT2D eigenvalue weighted by Crippen LogP contribution is 2.30. The van der Waals surface area contributed by atoms with Gasteiger partial charge in [0.1, 0.15) is 23.3 Å². The molecule has 0 radical (unpaired) electrons. The second-order valence-electron chi connectivity index (χ2n) is 6.96.